The first-order valence-corrected chi connectivity index (χ1v) is 9.01. The highest BCUT2D eigenvalue weighted by Crippen LogP contribution is 2.63. The molecule has 22 heavy (non-hydrogen) atoms. The number of rotatable bonds is 0. The highest BCUT2D eigenvalue weighted by Gasteiger charge is 2.60. The lowest BCUT2D eigenvalue weighted by Crippen LogP contribution is -2.61. The Labute approximate surface area is 133 Å². The summed E-state index contributed by atoms with van der Waals surface area (Å²) in [6.45, 7) is 7.48. The summed E-state index contributed by atoms with van der Waals surface area (Å²) in [5.74, 6) is 0.671. The molecule has 2 N–H and O–H groups in total. The monoisotopic (exact) mass is 306 g/mol. The highest BCUT2D eigenvalue weighted by molar-refractivity contribution is 5.29. The van der Waals surface area contributed by atoms with Gasteiger partial charge in [-0.3, -0.25) is 0 Å². The Morgan fingerprint density at radius 1 is 1.14 bits per heavy atom. The molecule has 1 aliphatic heterocycles. The highest BCUT2D eigenvalue weighted by atomic mass is 16.5. The minimum Gasteiger partial charge on any atom is -0.390 e. The van der Waals surface area contributed by atoms with Gasteiger partial charge in [0.05, 0.1) is 17.8 Å². The minimum atomic E-state index is -0.966. The molecule has 0 aromatic carbocycles. The zero-order valence-corrected chi connectivity index (χ0v) is 14.1. The van der Waals surface area contributed by atoms with Gasteiger partial charge in [-0.05, 0) is 73.7 Å². The van der Waals surface area contributed by atoms with Crippen molar-refractivity contribution in [3.8, 4) is 0 Å². The van der Waals surface area contributed by atoms with Crippen LogP contribution < -0.4 is 0 Å². The Balaban J connectivity index is 1.74. The molecule has 3 nitrogen and oxygen atoms in total. The molecule has 1 heterocycles. The zero-order chi connectivity index (χ0) is 15.8. The fraction of sp³-hybridized carbons (Fsp3) is 0.895. The summed E-state index contributed by atoms with van der Waals surface area (Å²) in [6.07, 6.45) is 8.29. The largest absolute Gasteiger partial charge is 0.390 e. The number of aliphatic hydroxyl groups is 2. The number of hydrogen-bond acceptors (Lipinski definition) is 3. The molecule has 2 saturated carbocycles. The molecule has 4 rings (SSSR count). The number of hydrogen-bond donors (Lipinski definition) is 2. The van der Waals surface area contributed by atoms with Crippen LogP contribution in [0.2, 0.25) is 0 Å². The van der Waals surface area contributed by atoms with Crippen LogP contribution in [0.25, 0.3) is 0 Å². The Kier molecular flexibility index (Phi) is 3.16. The standard InChI is InChI=1S/C19H30O3/c1-17-8-6-13-12(16(17)22-11-10-17)4-5-14-18(13,2)9-7-15(20)19(14,3)21/h4,13-16,20-21H,5-11H2,1-3H3/t13-,14+,15-,16-,17+,18+,19+/m0/s1. The molecule has 0 spiro atoms. The molecule has 0 radical (unpaired) electrons. The lowest BCUT2D eigenvalue weighted by Gasteiger charge is -2.60. The maximum Gasteiger partial charge on any atom is 0.0913 e. The van der Waals surface area contributed by atoms with Crippen molar-refractivity contribution in [3.05, 3.63) is 11.6 Å². The van der Waals surface area contributed by atoms with Gasteiger partial charge in [-0.2, -0.15) is 0 Å². The van der Waals surface area contributed by atoms with Crippen molar-refractivity contribution in [3.63, 3.8) is 0 Å². The van der Waals surface area contributed by atoms with Gasteiger partial charge in [0.2, 0.25) is 0 Å². The summed E-state index contributed by atoms with van der Waals surface area (Å²) >= 11 is 0. The van der Waals surface area contributed by atoms with E-state index in [1.165, 1.54) is 24.8 Å². The lowest BCUT2D eigenvalue weighted by molar-refractivity contribution is -0.184. The van der Waals surface area contributed by atoms with Crippen molar-refractivity contribution < 1.29 is 14.9 Å². The summed E-state index contributed by atoms with van der Waals surface area (Å²) in [5, 5.41) is 21.2. The molecule has 3 heteroatoms. The second kappa shape index (κ2) is 4.58. The van der Waals surface area contributed by atoms with Gasteiger partial charge in [-0.1, -0.05) is 19.9 Å². The normalized spacial score (nSPS) is 57.6. The van der Waals surface area contributed by atoms with Crippen molar-refractivity contribution in [1.82, 2.24) is 0 Å². The maximum absolute atomic E-state index is 10.9. The van der Waals surface area contributed by atoms with Crippen LogP contribution in [-0.4, -0.2) is 34.6 Å². The van der Waals surface area contributed by atoms with E-state index < -0.39 is 11.7 Å². The fourth-order valence-electron chi connectivity index (χ4n) is 6.27. The van der Waals surface area contributed by atoms with Crippen molar-refractivity contribution in [2.24, 2.45) is 22.7 Å². The summed E-state index contributed by atoms with van der Waals surface area (Å²) in [7, 11) is 0. The van der Waals surface area contributed by atoms with Crippen molar-refractivity contribution in [1.29, 1.82) is 0 Å². The summed E-state index contributed by atoms with van der Waals surface area (Å²) in [4.78, 5) is 0. The fourth-order valence-corrected chi connectivity index (χ4v) is 6.27. The molecular weight excluding hydrogens is 276 g/mol. The SMILES string of the molecule is C[C@@]12CCO[C@H]1C1=CC[C@H]3[C@@](C)(O)[C@@H](O)CC[C@]3(C)[C@H]1CC2. The third-order valence-electron chi connectivity index (χ3n) is 7.82. The van der Waals surface area contributed by atoms with Gasteiger partial charge in [0, 0.05) is 6.61 Å². The Bertz CT molecular complexity index is 511. The number of aliphatic hydroxyl groups excluding tert-OH is 1. The van der Waals surface area contributed by atoms with E-state index >= 15 is 0 Å². The first-order chi connectivity index (χ1) is 10.3. The van der Waals surface area contributed by atoms with Crippen molar-refractivity contribution in [2.75, 3.05) is 6.61 Å². The van der Waals surface area contributed by atoms with Gasteiger partial charge in [0.1, 0.15) is 0 Å². The minimum absolute atomic E-state index is 0.0973. The predicted octanol–water partition coefficient (Wildman–Crippen LogP) is 3.05. The molecule has 0 aromatic rings. The lowest BCUT2D eigenvalue weighted by atomic mass is 9.47. The summed E-state index contributed by atoms with van der Waals surface area (Å²) in [6, 6.07) is 0. The molecule has 1 saturated heterocycles. The van der Waals surface area contributed by atoms with Crippen LogP contribution in [0.3, 0.4) is 0 Å². The molecular formula is C19H30O3. The van der Waals surface area contributed by atoms with Gasteiger partial charge in [-0.25, -0.2) is 0 Å². The van der Waals surface area contributed by atoms with Gasteiger partial charge in [0.15, 0.2) is 0 Å². The van der Waals surface area contributed by atoms with Crippen LogP contribution in [0.1, 0.15) is 59.3 Å². The second-order valence-electron chi connectivity index (χ2n) is 9.02. The molecule has 3 fully saturated rings. The van der Waals surface area contributed by atoms with Gasteiger partial charge in [0.25, 0.3) is 0 Å². The Morgan fingerprint density at radius 2 is 1.91 bits per heavy atom. The van der Waals surface area contributed by atoms with Gasteiger partial charge < -0.3 is 14.9 Å². The van der Waals surface area contributed by atoms with Crippen LogP contribution in [0, 0.1) is 22.7 Å². The van der Waals surface area contributed by atoms with Crippen LogP contribution >= 0.6 is 0 Å². The quantitative estimate of drug-likeness (QED) is 0.676. The van der Waals surface area contributed by atoms with E-state index in [4.69, 9.17) is 4.74 Å². The van der Waals surface area contributed by atoms with E-state index in [1.807, 2.05) is 6.92 Å². The van der Waals surface area contributed by atoms with E-state index in [-0.39, 0.29) is 11.3 Å². The average Bonchev–Trinajstić information content (AvgIpc) is 2.85. The first kappa shape index (κ1) is 15.2. The molecule has 7 atom stereocenters. The van der Waals surface area contributed by atoms with Crippen LogP contribution in [0.15, 0.2) is 11.6 Å². The molecule has 124 valence electrons. The number of ether oxygens (including phenoxy) is 1. The molecule has 0 bridgehead atoms. The van der Waals surface area contributed by atoms with E-state index in [0.717, 1.165) is 19.4 Å². The Morgan fingerprint density at radius 3 is 2.68 bits per heavy atom. The van der Waals surface area contributed by atoms with Gasteiger partial charge >= 0.3 is 0 Å². The third kappa shape index (κ3) is 1.79. The maximum atomic E-state index is 10.9. The smallest absolute Gasteiger partial charge is 0.0913 e. The predicted molar refractivity (Wildman–Crippen MR) is 85.3 cm³/mol. The van der Waals surface area contributed by atoms with Crippen molar-refractivity contribution >= 4 is 0 Å². The molecule has 0 aromatic heterocycles. The molecule has 4 aliphatic rings. The van der Waals surface area contributed by atoms with E-state index in [9.17, 15) is 10.2 Å². The average molecular weight is 306 g/mol. The van der Waals surface area contributed by atoms with Gasteiger partial charge in [-0.15, -0.1) is 0 Å². The van der Waals surface area contributed by atoms with Crippen LogP contribution in [-0.2, 0) is 4.74 Å². The van der Waals surface area contributed by atoms with Crippen LogP contribution in [0.4, 0.5) is 0 Å². The van der Waals surface area contributed by atoms with Crippen molar-refractivity contribution in [2.45, 2.75) is 77.1 Å². The topological polar surface area (TPSA) is 49.7 Å². The van der Waals surface area contributed by atoms with E-state index in [1.54, 1.807) is 0 Å². The Hall–Kier alpha value is -0.380. The zero-order valence-electron chi connectivity index (χ0n) is 14.1. The second-order valence-corrected chi connectivity index (χ2v) is 9.02. The summed E-state index contributed by atoms with van der Waals surface area (Å²) < 4.78 is 6.15. The summed E-state index contributed by atoms with van der Waals surface area (Å²) in [5.41, 5.74) is 0.964. The first-order valence-electron chi connectivity index (χ1n) is 9.01. The number of allylic oxidation sites excluding steroid dienone is 1. The molecule has 0 unspecified atom stereocenters. The van der Waals surface area contributed by atoms with E-state index in [0.29, 0.717) is 23.9 Å². The third-order valence-corrected chi connectivity index (χ3v) is 7.82. The molecule has 3 aliphatic carbocycles. The molecule has 0 amide bonds. The number of fused-ring (bicyclic) bond motifs is 5. The van der Waals surface area contributed by atoms with E-state index in [2.05, 4.69) is 19.9 Å². The van der Waals surface area contributed by atoms with Crippen LogP contribution in [0.5, 0.6) is 0 Å².